The van der Waals surface area contributed by atoms with Gasteiger partial charge in [0.15, 0.2) is 0 Å². The minimum atomic E-state index is -3.50. The number of sulfonamides is 1. The highest BCUT2D eigenvalue weighted by Crippen LogP contribution is 2.22. The van der Waals surface area contributed by atoms with E-state index in [1.165, 1.54) is 0 Å². The van der Waals surface area contributed by atoms with E-state index >= 15 is 0 Å². The second-order valence-electron chi connectivity index (χ2n) is 5.02. The van der Waals surface area contributed by atoms with Crippen molar-refractivity contribution < 1.29 is 8.42 Å². The van der Waals surface area contributed by atoms with E-state index in [2.05, 4.69) is 15.0 Å². The number of rotatable bonds is 3. The topological polar surface area (TPSA) is 71.1 Å². The summed E-state index contributed by atoms with van der Waals surface area (Å²) in [5.74, 6) is 0. The van der Waals surface area contributed by atoms with Gasteiger partial charge in [0.05, 0.1) is 4.90 Å². The summed E-state index contributed by atoms with van der Waals surface area (Å²) >= 11 is 0. The van der Waals surface area contributed by atoms with E-state index in [4.69, 9.17) is 0 Å². The minimum absolute atomic E-state index is 0. The van der Waals surface area contributed by atoms with Gasteiger partial charge in [-0.25, -0.2) is 13.1 Å². The number of nitrogens with one attached hydrogen (secondary N) is 2. The Morgan fingerprint density at radius 1 is 1.23 bits per heavy atom. The standard InChI is InChI=1S/C14H17N3O2S.2ClH/c18-20(19,17-12-4-2-7-15-10-12)14-5-1-3-11-9-16-8-6-13(11)14;;/h1,3,5-6,8-9,12,15,17H,2,4,7,10H2;2*1H/t12-;;/m1../s1. The van der Waals surface area contributed by atoms with E-state index in [-0.39, 0.29) is 30.9 Å². The van der Waals surface area contributed by atoms with Crippen LogP contribution in [0.2, 0.25) is 0 Å². The molecule has 2 heterocycles. The first kappa shape index (κ1) is 19.1. The van der Waals surface area contributed by atoms with E-state index < -0.39 is 10.0 Å². The smallest absolute Gasteiger partial charge is 0.241 e. The van der Waals surface area contributed by atoms with Crippen molar-refractivity contribution in [3.63, 3.8) is 0 Å². The summed E-state index contributed by atoms with van der Waals surface area (Å²) < 4.78 is 27.9. The number of hydrogen-bond acceptors (Lipinski definition) is 4. The number of halogens is 2. The van der Waals surface area contributed by atoms with Crippen LogP contribution in [-0.4, -0.2) is 32.5 Å². The molecule has 1 fully saturated rings. The number of fused-ring (bicyclic) bond motifs is 1. The second-order valence-corrected chi connectivity index (χ2v) is 6.70. The average molecular weight is 364 g/mol. The molecule has 3 rings (SSSR count). The SMILES string of the molecule is Cl.Cl.O=S(=O)(N[C@@H]1CCCNC1)c1cccc2cnccc12. The van der Waals surface area contributed by atoms with Crippen molar-refractivity contribution in [1.29, 1.82) is 0 Å². The molecular formula is C14H19Cl2N3O2S. The Morgan fingerprint density at radius 3 is 2.77 bits per heavy atom. The first-order valence-electron chi connectivity index (χ1n) is 6.72. The van der Waals surface area contributed by atoms with E-state index in [1.54, 1.807) is 30.6 Å². The Labute approximate surface area is 142 Å². The molecule has 0 aliphatic carbocycles. The summed E-state index contributed by atoms with van der Waals surface area (Å²) in [7, 11) is -3.50. The molecule has 122 valence electrons. The lowest BCUT2D eigenvalue weighted by Crippen LogP contribution is -2.45. The van der Waals surface area contributed by atoms with Crippen LogP contribution in [0.15, 0.2) is 41.6 Å². The first-order valence-corrected chi connectivity index (χ1v) is 8.21. The van der Waals surface area contributed by atoms with Crippen LogP contribution < -0.4 is 10.0 Å². The molecule has 0 radical (unpaired) electrons. The van der Waals surface area contributed by atoms with E-state index in [1.807, 2.05) is 6.07 Å². The van der Waals surface area contributed by atoms with Crippen molar-refractivity contribution in [3.05, 3.63) is 36.7 Å². The van der Waals surface area contributed by atoms with E-state index in [9.17, 15) is 8.42 Å². The quantitative estimate of drug-likeness (QED) is 0.875. The van der Waals surface area contributed by atoms with Gasteiger partial charge < -0.3 is 5.32 Å². The third-order valence-electron chi connectivity index (χ3n) is 3.55. The summed E-state index contributed by atoms with van der Waals surface area (Å²) in [6, 6.07) is 6.95. The van der Waals surface area contributed by atoms with Gasteiger partial charge in [-0.15, -0.1) is 24.8 Å². The maximum absolute atomic E-state index is 12.6. The molecule has 5 nitrogen and oxygen atoms in total. The summed E-state index contributed by atoms with van der Waals surface area (Å²) in [5.41, 5.74) is 0. The lowest BCUT2D eigenvalue weighted by molar-refractivity contribution is 0.429. The van der Waals surface area contributed by atoms with Gasteiger partial charge in [-0.05, 0) is 31.5 Å². The molecule has 22 heavy (non-hydrogen) atoms. The van der Waals surface area contributed by atoms with Crippen LogP contribution in [0.25, 0.3) is 10.8 Å². The number of benzene rings is 1. The Kier molecular flexibility index (Phi) is 7.02. The third-order valence-corrected chi connectivity index (χ3v) is 5.13. The summed E-state index contributed by atoms with van der Waals surface area (Å²) in [6.45, 7) is 1.64. The van der Waals surface area contributed by atoms with Crippen LogP contribution in [-0.2, 0) is 10.0 Å². The fraction of sp³-hybridized carbons (Fsp3) is 0.357. The third kappa shape index (κ3) is 4.08. The lowest BCUT2D eigenvalue weighted by Gasteiger charge is -2.23. The molecule has 1 atom stereocenters. The molecule has 1 aromatic heterocycles. The van der Waals surface area contributed by atoms with Crippen LogP contribution >= 0.6 is 24.8 Å². The van der Waals surface area contributed by atoms with E-state index in [0.717, 1.165) is 24.8 Å². The zero-order chi connectivity index (χ0) is 14.0. The molecule has 2 aromatic rings. The predicted octanol–water partition coefficient (Wildman–Crippen LogP) is 2.11. The van der Waals surface area contributed by atoms with Gasteiger partial charge in [0, 0.05) is 35.8 Å². The van der Waals surface area contributed by atoms with E-state index in [0.29, 0.717) is 16.8 Å². The average Bonchev–Trinajstić information content (AvgIpc) is 2.47. The van der Waals surface area contributed by atoms with Gasteiger partial charge >= 0.3 is 0 Å². The lowest BCUT2D eigenvalue weighted by atomic mass is 10.1. The highest BCUT2D eigenvalue weighted by molar-refractivity contribution is 7.89. The van der Waals surface area contributed by atoms with Gasteiger partial charge in [-0.1, -0.05) is 12.1 Å². The molecule has 1 saturated heterocycles. The molecule has 0 amide bonds. The monoisotopic (exact) mass is 363 g/mol. The molecule has 8 heteroatoms. The summed E-state index contributed by atoms with van der Waals surface area (Å²) in [5, 5.41) is 4.75. The Balaban J connectivity index is 0.00000121. The molecule has 1 aliphatic heterocycles. The number of pyridine rings is 1. The molecule has 0 saturated carbocycles. The van der Waals surface area contributed by atoms with Gasteiger partial charge in [-0.3, -0.25) is 4.98 Å². The Bertz CT molecular complexity index is 714. The summed E-state index contributed by atoms with van der Waals surface area (Å²) in [4.78, 5) is 4.35. The molecular weight excluding hydrogens is 345 g/mol. The molecule has 2 N–H and O–H groups in total. The van der Waals surface area contributed by atoms with Crippen LogP contribution in [0.5, 0.6) is 0 Å². The van der Waals surface area contributed by atoms with Gasteiger partial charge in [0.2, 0.25) is 10.0 Å². The molecule has 0 unspecified atom stereocenters. The molecule has 0 bridgehead atoms. The van der Waals surface area contributed by atoms with Crippen molar-refractivity contribution in [2.45, 2.75) is 23.8 Å². The number of nitrogens with zero attached hydrogens (tertiary/aromatic N) is 1. The maximum Gasteiger partial charge on any atom is 0.241 e. The van der Waals surface area contributed by atoms with Crippen molar-refractivity contribution >= 4 is 45.6 Å². The van der Waals surface area contributed by atoms with Gasteiger partial charge in [-0.2, -0.15) is 0 Å². The second kappa shape index (κ2) is 8.08. The zero-order valence-corrected chi connectivity index (χ0v) is 14.3. The van der Waals surface area contributed by atoms with Crippen molar-refractivity contribution in [2.75, 3.05) is 13.1 Å². The fourth-order valence-electron chi connectivity index (χ4n) is 2.56. The van der Waals surface area contributed by atoms with Gasteiger partial charge in [0.25, 0.3) is 0 Å². The van der Waals surface area contributed by atoms with Crippen LogP contribution in [0, 0.1) is 0 Å². The Morgan fingerprint density at radius 2 is 2.05 bits per heavy atom. The normalized spacial score (nSPS) is 18.3. The highest BCUT2D eigenvalue weighted by atomic mass is 35.5. The maximum atomic E-state index is 12.6. The number of hydrogen-bond donors (Lipinski definition) is 2. The molecule has 1 aliphatic rings. The minimum Gasteiger partial charge on any atom is -0.315 e. The fourth-order valence-corrected chi connectivity index (χ4v) is 4.06. The number of aromatic nitrogens is 1. The molecule has 1 aromatic carbocycles. The Hall–Kier alpha value is -0.920. The first-order chi connectivity index (χ1) is 9.67. The van der Waals surface area contributed by atoms with Crippen LogP contribution in [0.4, 0.5) is 0 Å². The van der Waals surface area contributed by atoms with Gasteiger partial charge in [0.1, 0.15) is 0 Å². The largest absolute Gasteiger partial charge is 0.315 e. The van der Waals surface area contributed by atoms with Crippen molar-refractivity contribution in [1.82, 2.24) is 15.0 Å². The zero-order valence-electron chi connectivity index (χ0n) is 11.9. The predicted molar refractivity (Wildman–Crippen MR) is 92.5 cm³/mol. The highest BCUT2D eigenvalue weighted by Gasteiger charge is 2.23. The van der Waals surface area contributed by atoms with Crippen molar-refractivity contribution in [3.8, 4) is 0 Å². The van der Waals surface area contributed by atoms with Crippen LogP contribution in [0.3, 0.4) is 0 Å². The van der Waals surface area contributed by atoms with Crippen LogP contribution in [0.1, 0.15) is 12.8 Å². The molecule has 0 spiro atoms. The number of piperidine rings is 1. The van der Waals surface area contributed by atoms with Crippen molar-refractivity contribution in [2.24, 2.45) is 0 Å². The summed E-state index contributed by atoms with van der Waals surface area (Å²) in [6.07, 6.45) is 5.16.